The Morgan fingerprint density at radius 1 is 1.40 bits per heavy atom. The highest BCUT2D eigenvalue weighted by Gasteiger charge is 2.17. The fourth-order valence-electron chi connectivity index (χ4n) is 1.18. The Labute approximate surface area is 101 Å². The minimum absolute atomic E-state index is 0.247. The largest absolute Gasteiger partial charge is 0.389 e. The minimum atomic E-state index is -1.05. The molecule has 0 radical (unpaired) electrons. The zero-order valence-corrected chi connectivity index (χ0v) is 10.1. The molecule has 0 spiro atoms. The number of carbonyl (C=O) groups is 1. The normalized spacial score (nSPS) is 14.7. The van der Waals surface area contributed by atoms with Crippen molar-refractivity contribution in [2.24, 2.45) is 0 Å². The molecule has 0 saturated heterocycles. The van der Waals surface area contributed by atoms with Crippen molar-refractivity contribution in [1.29, 1.82) is 0 Å². The van der Waals surface area contributed by atoms with Crippen molar-refractivity contribution in [2.75, 3.05) is 5.33 Å². The lowest BCUT2D eigenvalue weighted by molar-refractivity contribution is 0.0342. The Hall–Kier alpha value is -0.420. The third-order valence-corrected chi connectivity index (χ3v) is 2.82. The van der Waals surface area contributed by atoms with Crippen molar-refractivity contribution in [3.05, 3.63) is 34.3 Å². The van der Waals surface area contributed by atoms with Gasteiger partial charge in [-0.15, -0.1) is 0 Å². The number of benzene rings is 1. The van der Waals surface area contributed by atoms with Crippen LogP contribution in [0.5, 0.6) is 0 Å². The van der Waals surface area contributed by atoms with Crippen LogP contribution in [-0.4, -0.2) is 27.9 Å². The lowest BCUT2D eigenvalue weighted by Gasteiger charge is -2.16. The molecule has 2 N–H and O–H groups in total. The van der Waals surface area contributed by atoms with E-state index in [1.807, 2.05) is 0 Å². The molecule has 0 heterocycles. The Morgan fingerprint density at radius 3 is 2.60 bits per heavy atom. The van der Waals surface area contributed by atoms with E-state index in [1.165, 1.54) is 18.2 Å². The molecule has 0 aromatic heterocycles. The molecule has 0 aliphatic rings. The van der Waals surface area contributed by atoms with Crippen LogP contribution in [0.3, 0.4) is 0 Å². The monoisotopic (exact) mass is 292 g/mol. The Morgan fingerprint density at radius 2 is 2.07 bits per heavy atom. The average Bonchev–Trinajstić information content (AvgIpc) is 2.26. The Bertz CT molecular complexity index is 357. The SMILES string of the molecule is O=Cc1cc(Cl)cc(C(O)C(O)CBr)c1. The van der Waals surface area contributed by atoms with Gasteiger partial charge in [0.1, 0.15) is 12.4 Å². The highest BCUT2D eigenvalue weighted by molar-refractivity contribution is 9.09. The summed E-state index contributed by atoms with van der Waals surface area (Å²) in [6.45, 7) is 0. The van der Waals surface area contributed by atoms with Gasteiger partial charge in [0.25, 0.3) is 0 Å². The first-order chi connectivity index (χ1) is 7.08. The molecule has 1 aromatic rings. The maximum absolute atomic E-state index is 10.6. The van der Waals surface area contributed by atoms with Gasteiger partial charge < -0.3 is 10.2 Å². The first-order valence-electron chi connectivity index (χ1n) is 4.26. The predicted molar refractivity (Wildman–Crippen MR) is 61.6 cm³/mol. The summed E-state index contributed by atoms with van der Waals surface area (Å²) in [6.07, 6.45) is -1.34. The highest BCUT2D eigenvalue weighted by Crippen LogP contribution is 2.23. The van der Waals surface area contributed by atoms with Crippen LogP contribution >= 0.6 is 27.5 Å². The number of alkyl halides is 1. The number of carbonyl (C=O) groups excluding carboxylic acids is 1. The van der Waals surface area contributed by atoms with Gasteiger partial charge >= 0.3 is 0 Å². The molecule has 0 fully saturated rings. The molecular formula is C10H10BrClO3. The molecule has 82 valence electrons. The fraction of sp³-hybridized carbons (Fsp3) is 0.300. The van der Waals surface area contributed by atoms with Crippen LogP contribution in [0.2, 0.25) is 5.02 Å². The van der Waals surface area contributed by atoms with E-state index in [4.69, 9.17) is 11.6 Å². The lowest BCUT2D eigenvalue weighted by atomic mass is 10.0. The smallest absolute Gasteiger partial charge is 0.150 e. The molecular weight excluding hydrogens is 283 g/mol. The molecule has 2 unspecified atom stereocenters. The summed E-state index contributed by atoms with van der Waals surface area (Å²) >= 11 is 8.81. The van der Waals surface area contributed by atoms with Gasteiger partial charge in [-0.25, -0.2) is 0 Å². The van der Waals surface area contributed by atoms with Crippen LogP contribution in [0.25, 0.3) is 0 Å². The molecule has 0 bridgehead atoms. The van der Waals surface area contributed by atoms with Crippen molar-refractivity contribution in [2.45, 2.75) is 12.2 Å². The van der Waals surface area contributed by atoms with Gasteiger partial charge in [-0.05, 0) is 23.8 Å². The molecule has 0 aliphatic heterocycles. The van der Waals surface area contributed by atoms with Crippen LogP contribution in [-0.2, 0) is 0 Å². The van der Waals surface area contributed by atoms with E-state index >= 15 is 0 Å². The second-order valence-electron chi connectivity index (χ2n) is 3.10. The summed E-state index contributed by atoms with van der Waals surface area (Å²) in [5.74, 6) is 0. The summed E-state index contributed by atoms with van der Waals surface area (Å²) in [4.78, 5) is 10.6. The predicted octanol–water partition coefficient (Wildman–Crippen LogP) is 1.94. The topological polar surface area (TPSA) is 57.5 Å². The number of hydrogen-bond acceptors (Lipinski definition) is 3. The number of rotatable bonds is 4. The van der Waals surface area contributed by atoms with Crippen molar-refractivity contribution in [1.82, 2.24) is 0 Å². The second kappa shape index (κ2) is 5.61. The van der Waals surface area contributed by atoms with Gasteiger partial charge in [-0.3, -0.25) is 4.79 Å². The molecule has 5 heteroatoms. The number of aldehydes is 1. The van der Waals surface area contributed by atoms with E-state index in [-0.39, 0.29) is 5.33 Å². The number of halogens is 2. The van der Waals surface area contributed by atoms with Crippen LogP contribution < -0.4 is 0 Å². The Balaban J connectivity index is 3.02. The van der Waals surface area contributed by atoms with Crippen LogP contribution in [0.4, 0.5) is 0 Å². The van der Waals surface area contributed by atoms with Crippen molar-refractivity contribution in [3.8, 4) is 0 Å². The molecule has 0 amide bonds. The maximum Gasteiger partial charge on any atom is 0.150 e. The summed E-state index contributed by atoms with van der Waals surface area (Å²) in [6, 6.07) is 4.51. The third-order valence-electron chi connectivity index (χ3n) is 1.94. The summed E-state index contributed by atoms with van der Waals surface area (Å²) in [5.41, 5.74) is 0.801. The zero-order valence-electron chi connectivity index (χ0n) is 7.73. The van der Waals surface area contributed by atoms with Gasteiger partial charge in [-0.1, -0.05) is 27.5 Å². The van der Waals surface area contributed by atoms with Crippen molar-refractivity contribution in [3.63, 3.8) is 0 Å². The summed E-state index contributed by atoms with van der Waals surface area (Å²) < 4.78 is 0. The number of aliphatic hydroxyl groups is 2. The number of hydrogen-bond donors (Lipinski definition) is 2. The lowest BCUT2D eigenvalue weighted by Crippen LogP contribution is -2.19. The maximum atomic E-state index is 10.6. The molecule has 1 aromatic carbocycles. The van der Waals surface area contributed by atoms with E-state index in [0.29, 0.717) is 22.4 Å². The van der Waals surface area contributed by atoms with Crippen LogP contribution in [0.1, 0.15) is 22.0 Å². The highest BCUT2D eigenvalue weighted by atomic mass is 79.9. The van der Waals surface area contributed by atoms with E-state index in [9.17, 15) is 15.0 Å². The molecule has 0 aliphatic carbocycles. The third kappa shape index (κ3) is 3.28. The van der Waals surface area contributed by atoms with Gasteiger partial charge in [0.2, 0.25) is 0 Å². The average molecular weight is 294 g/mol. The summed E-state index contributed by atoms with van der Waals surface area (Å²) in [7, 11) is 0. The van der Waals surface area contributed by atoms with Crippen LogP contribution in [0.15, 0.2) is 18.2 Å². The number of aliphatic hydroxyl groups excluding tert-OH is 2. The van der Waals surface area contributed by atoms with Gasteiger partial charge in [0, 0.05) is 15.9 Å². The van der Waals surface area contributed by atoms with E-state index < -0.39 is 12.2 Å². The first kappa shape index (κ1) is 12.6. The summed E-state index contributed by atoms with van der Waals surface area (Å²) in [5, 5.41) is 19.7. The van der Waals surface area contributed by atoms with E-state index in [1.54, 1.807) is 0 Å². The van der Waals surface area contributed by atoms with Crippen molar-refractivity contribution >= 4 is 33.8 Å². The van der Waals surface area contributed by atoms with Crippen LogP contribution in [0, 0.1) is 0 Å². The van der Waals surface area contributed by atoms with Gasteiger partial charge in [-0.2, -0.15) is 0 Å². The van der Waals surface area contributed by atoms with Gasteiger partial charge in [0.05, 0.1) is 6.10 Å². The molecule has 1 rings (SSSR count). The molecule has 0 saturated carbocycles. The van der Waals surface area contributed by atoms with E-state index in [2.05, 4.69) is 15.9 Å². The quantitative estimate of drug-likeness (QED) is 0.659. The van der Waals surface area contributed by atoms with Crippen molar-refractivity contribution < 1.29 is 15.0 Å². The fourth-order valence-corrected chi connectivity index (χ4v) is 1.79. The standard InChI is InChI=1S/C10H10BrClO3/c11-4-9(14)10(15)7-1-6(5-13)2-8(12)3-7/h1-3,5,9-10,14-15H,4H2. The molecule has 2 atom stereocenters. The minimum Gasteiger partial charge on any atom is -0.389 e. The zero-order chi connectivity index (χ0) is 11.4. The second-order valence-corrected chi connectivity index (χ2v) is 4.19. The van der Waals surface area contributed by atoms with Gasteiger partial charge in [0.15, 0.2) is 0 Å². The first-order valence-corrected chi connectivity index (χ1v) is 5.76. The van der Waals surface area contributed by atoms with E-state index in [0.717, 1.165) is 0 Å². The Kier molecular flexibility index (Phi) is 4.73. The molecule has 3 nitrogen and oxygen atoms in total. The molecule has 15 heavy (non-hydrogen) atoms.